The number of amides is 3. The number of hydrogen-bond acceptors (Lipinski definition) is 4. The highest BCUT2D eigenvalue weighted by Crippen LogP contribution is 2.59. The second-order valence-corrected chi connectivity index (χ2v) is 7.07. The Morgan fingerprint density at radius 1 is 1.17 bits per heavy atom. The monoisotopic (exact) mass is 330 g/mol. The van der Waals surface area contributed by atoms with Crippen LogP contribution >= 0.6 is 0 Å². The first kappa shape index (κ1) is 15.4. The maximum atomic E-state index is 12.9. The molecule has 2 fully saturated rings. The Morgan fingerprint density at radius 3 is 2.50 bits per heavy atom. The number of carbonyl (C=O) groups is 2. The first-order valence-electron chi connectivity index (χ1n) is 8.38. The van der Waals surface area contributed by atoms with Gasteiger partial charge in [0.15, 0.2) is 5.54 Å². The van der Waals surface area contributed by atoms with E-state index in [1.807, 2.05) is 18.2 Å². The van der Waals surface area contributed by atoms with Gasteiger partial charge in [-0.3, -0.25) is 10.1 Å². The lowest BCUT2D eigenvalue weighted by molar-refractivity contribution is -0.131. The van der Waals surface area contributed by atoms with Crippen LogP contribution in [-0.2, 0) is 21.5 Å². The van der Waals surface area contributed by atoms with E-state index in [0.717, 1.165) is 43.2 Å². The molecule has 2 N–H and O–H groups in total. The highest BCUT2D eigenvalue weighted by atomic mass is 16.5. The number of imide groups is 1. The molecule has 0 aromatic heterocycles. The van der Waals surface area contributed by atoms with Gasteiger partial charge in [0.05, 0.1) is 13.2 Å². The molecule has 3 amide bonds. The standard InChI is InChI=1S/C18H22N2O4/c1-23-12-5-7-17(8-6-12)10-11-3-4-13(24-2)9-14(11)18(17)15(21)19-16(22)20-18/h3-4,9,12H,5-8,10H2,1-2H3,(H2,19,20,21,22). The molecule has 1 heterocycles. The molecule has 1 aromatic rings. The molecule has 6 heteroatoms. The molecule has 0 radical (unpaired) electrons. The number of ether oxygens (including phenoxy) is 2. The third-order valence-electron chi connectivity index (χ3n) is 6.14. The van der Waals surface area contributed by atoms with Crippen molar-refractivity contribution in [3.63, 3.8) is 0 Å². The number of rotatable bonds is 2. The summed E-state index contributed by atoms with van der Waals surface area (Å²) in [5.41, 5.74) is 0.699. The average Bonchev–Trinajstić information content (AvgIpc) is 3.04. The molecule has 1 atom stereocenters. The van der Waals surface area contributed by atoms with Gasteiger partial charge in [0.25, 0.3) is 5.91 Å². The lowest BCUT2D eigenvalue weighted by atomic mass is 9.61. The molecule has 1 saturated heterocycles. The average molecular weight is 330 g/mol. The van der Waals surface area contributed by atoms with Gasteiger partial charge in [0.1, 0.15) is 5.75 Å². The third-order valence-corrected chi connectivity index (χ3v) is 6.14. The molecule has 1 unspecified atom stereocenters. The number of fused-ring (bicyclic) bond motifs is 3. The summed E-state index contributed by atoms with van der Waals surface area (Å²) < 4.78 is 10.8. The summed E-state index contributed by atoms with van der Waals surface area (Å²) in [5, 5.41) is 5.45. The van der Waals surface area contributed by atoms with Crippen molar-refractivity contribution in [2.75, 3.05) is 14.2 Å². The topological polar surface area (TPSA) is 76.7 Å². The van der Waals surface area contributed by atoms with Crippen LogP contribution in [0.1, 0.15) is 36.8 Å². The maximum absolute atomic E-state index is 12.9. The van der Waals surface area contributed by atoms with Crippen molar-refractivity contribution in [1.29, 1.82) is 0 Å². The maximum Gasteiger partial charge on any atom is 0.322 e. The van der Waals surface area contributed by atoms with E-state index >= 15 is 0 Å². The minimum atomic E-state index is -0.993. The number of methoxy groups -OCH3 is 2. The van der Waals surface area contributed by atoms with Crippen LogP contribution < -0.4 is 15.4 Å². The summed E-state index contributed by atoms with van der Waals surface area (Å²) in [6.07, 6.45) is 4.49. The lowest BCUT2D eigenvalue weighted by Gasteiger charge is -2.46. The molecule has 6 nitrogen and oxygen atoms in total. The zero-order valence-electron chi connectivity index (χ0n) is 14.0. The number of hydrogen-bond donors (Lipinski definition) is 2. The summed E-state index contributed by atoms with van der Waals surface area (Å²) in [6.45, 7) is 0. The molecule has 4 rings (SSSR count). The predicted octanol–water partition coefficient (Wildman–Crippen LogP) is 1.86. The molecule has 2 aliphatic carbocycles. The second kappa shape index (κ2) is 5.21. The Balaban J connectivity index is 1.84. The summed E-state index contributed by atoms with van der Waals surface area (Å²) in [5.74, 6) is 0.458. The molecule has 0 bridgehead atoms. The van der Waals surface area contributed by atoms with Crippen molar-refractivity contribution in [2.45, 2.75) is 43.7 Å². The Labute approximate surface area is 140 Å². The van der Waals surface area contributed by atoms with E-state index in [2.05, 4.69) is 10.6 Å². The largest absolute Gasteiger partial charge is 0.497 e. The predicted molar refractivity (Wildman–Crippen MR) is 86.7 cm³/mol. The fraction of sp³-hybridized carbons (Fsp3) is 0.556. The zero-order chi connectivity index (χ0) is 16.9. The zero-order valence-corrected chi connectivity index (χ0v) is 14.0. The number of urea groups is 1. The van der Waals surface area contributed by atoms with Gasteiger partial charge < -0.3 is 14.8 Å². The van der Waals surface area contributed by atoms with Gasteiger partial charge in [-0.1, -0.05) is 6.07 Å². The lowest BCUT2D eigenvalue weighted by Crippen LogP contribution is -2.56. The van der Waals surface area contributed by atoms with Crippen LogP contribution in [0.2, 0.25) is 0 Å². The third kappa shape index (κ3) is 1.86. The van der Waals surface area contributed by atoms with Crippen LogP contribution in [-0.4, -0.2) is 32.3 Å². The van der Waals surface area contributed by atoms with E-state index in [1.54, 1.807) is 14.2 Å². The van der Waals surface area contributed by atoms with Gasteiger partial charge in [0, 0.05) is 12.5 Å². The Morgan fingerprint density at radius 2 is 1.92 bits per heavy atom. The summed E-state index contributed by atoms with van der Waals surface area (Å²) in [4.78, 5) is 25.0. The van der Waals surface area contributed by atoms with Crippen LogP contribution in [0.4, 0.5) is 4.79 Å². The molecule has 2 spiro atoms. The molecule has 3 aliphatic rings. The van der Waals surface area contributed by atoms with Crippen molar-refractivity contribution >= 4 is 11.9 Å². The van der Waals surface area contributed by atoms with Gasteiger partial charge in [-0.2, -0.15) is 0 Å². The van der Waals surface area contributed by atoms with Crippen LogP contribution in [0, 0.1) is 5.41 Å². The van der Waals surface area contributed by atoms with Gasteiger partial charge in [-0.25, -0.2) is 4.79 Å². The molecule has 1 aliphatic heterocycles. The van der Waals surface area contributed by atoms with Crippen molar-refractivity contribution in [3.05, 3.63) is 29.3 Å². The SMILES string of the molecule is COc1ccc2c(c1)C1(NC(=O)NC1=O)C1(CCC(OC)CC1)C2. The van der Waals surface area contributed by atoms with Crippen molar-refractivity contribution < 1.29 is 19.1 Å². The van der Waals surface area contributed by atoms with Gasteiger partial charge in [-0.05, 0) is 55.4 Å². The summed E-state index contributed by atoms with van der Waals surface area (Å²) in [7, 11) is 3.34. The fourth-order valence-corrected chi connectivity index (χ4v) is 4.92. The number of nitrogens with one attached hydrogen (secondary N) is 2. The highest BCUT2D eigenvalue weighted by Gasteiger charge is 2.66. The Bertz CT molecular complexity index is 709. The summed E-state index contributed by atoms with van der Waals surface area (Å²) >= 11 is 0. The van der Waals surface area contributed by atoms with Crippen molar-refractivity contribution in [1.82, 2.24) is 10.6 Å². The summed E-state index contributed by atoms with van der Waals surface area (Å²) in [6, 6.07) is 5.42. The Hall–Kier alpha value is -2.08. The molecule has 24 heavy (non-hydrogen) atoms. The first-order valence-corrected chi connectivity index (χ1v) is 8.38. The quantitative estimate of drug-likeness (QED) is 0.812. The van der Waals surface area contributed by atoms with Crippen LogP contribution in [0.3, 0.4) is 0 Å². The van der Waals surface area contributed by atoms with E-state index in [9.17, 15) is 9.59 Å². The van der Waals surface area contributed by atoms with E-state index < -0.39 is 11.6 Å². The molecular weight excluding hydrogens is 308 g/mol. The normalized spacial score (nSPS) is 34.3. The van der Waals surface area contributed by atoms with Crippen molar-refractivity contribution in [2.24, 2.45) is 5.41 Å². The minimum Gasteiger partial charge on any atom is -0.497 e. The molecule has 128 valence electrons. The molecule has 1 aromatic carbocycles. The molecular formula is C18H22N2O4. The van der Waals surface area contributed by atoms with Crippen LogP contribution in [0.25, 0.3) is 0 Å². The molecule has 1 saturated carbocycles. The van der Waals surface area contributed by atoms with Gasteiger partial charge in [0.2, 0.25) is 0 Å². The van der Waals surface area contributed by atoms with Crippen molar-refractivity contribution in [3.8, 4) is 5.75 Å². The second-order valence-electron chi connectivity index (χ2n) is 7.07. The number of benzene rings is 1. The fourth-order valence-electron chi connectivity index (χ4n) is 4.92. The van der Waals surface area contributed by atoms with E-state index in [4.69, 9.17) is 9.47 Å². The van der Waals surface area contributed by atoms with Crippen LogP contribution in [0.15, 0.2) is 18.2 Å². The van der Waals surface area contributed by atoms with E-state index in [-0.39, 0.29) is 17.4 Å². The van der Waals surface area contributed by atoms with Gasteiger partial charge >= 0.3 is 6.03 Å². The first-order chi connectivity index (χ1) is 11.5. The van der Waals surface area contributed by atoms with Crippen LogP contribution in [0.5, 0.6) is 5.75 Å². The van der Waals surface area contributed by atoms with Gasteiger partial charge in [-0.15, -0.1) is 0 Å². The number of carbonyl (C=O) groups excluding carboxylic acids is 2. The van der Waals surface area contributed by atoms with E-state index in [1.165, 1.54) is 0 Å². The van der Waals surface area contributed by atoms with E-state index in [0.29, 0.717) is 5.75 Å². The Kier molecular flexibility index (Phi) is 3.35. The smallest absolute Gasteiger partial charge is 0.322 e. The highest BCUT2D eigenvalue weighted by molar-refractivity contribution is 6.08. The minimum absolute atomic E-state index is 0.228.